The number of allylic oxidation sites excluding steroid dienone is 1. The molecule has 9 heteroatoms. The molecule has 0 fully saturated rings. The van der Waals surface area contributed by atoms with Crippen molar-refractivity contribution < 1.29 is 28.1 Å². The molecular weight excluding hydrogens is 571 g/mol. The molecule has 4 aromatic rings. The number of carbonyl (C=O) groups excluding carboxylic acids is 1. The second-order valence-corrected chi connectivity index (χ2v) is 9.86. The van der Waals surface area contributed by atoms with E-state index >= 15 is 0 Å². The fourth-order valence-electron chi connectivity index (χ4n) is 4.59. The highest BCUT2D eigenvalue weighted by atomic mass is 35.5. The van der Waals surface area contributed by atoms with Crippen molar-refractivity contribution in [2.24, 2.45) is 5.73 Å². The quantitative estimate of drug-likeness (QED) is 0.123. The molecular formula is C34H26ClFN2O5. The first kappa shape index (κ1) is 29.2. The minimum absolute atomic E-state index is 0.0586. The number of hydrogen-bond acceptors (Lipinski definition) is 7. The van der Waals surface area contributed by atoms with Crippen molar-refractivity contribution in [2.45, 2.75) is 19.4 Å². The molecule has 2 N–H and O–H groups in total. The van der Waals surface area contributed by atoms with Crippen molar-refractivity contribution in [1.82, 2.24) is 0 Å². The lowest BCUT2D eigenvalue weighted by molar-refractivity contribution is -0.128. The first-order valence-electron chi connectivity index (χ1n) is 13.4. The number of ether oxygens (including phenoxy) is 4. The van der Waals surface area contributed by atoms with E-state index in [0.29, 0.717) is 45.6 Å². The molecule has 1 atom stereocenters. The van der Waals surface area contributed by atoms with Gasteiger partial charge in [0.2, 0.25) is 5.88 Å². The highest BCUT2D eigenvalue weighted by Crippen LogP contribution is 2.45. The zero-order chi connectivity index (χ0) is 30.3. The van der Waals surface area contributed by atoms with Crippen LogP contribution in [-0.2, 0) is 11.4 Å². The average molecular weight is 597 g/mol. The van der Waals surface area contributed by atoms with E-state index in [1.165, 1.54) is 18.2 Å². The molecule has 0 aromatic heterocycles. The molecule has 0 bridgehead atoms. The standard InChI is InChI=1S/C34H26ClFN2O5/c1-2-40-31-17-23(9-15-29(31)41-20-21-7-11-24(36)12-8-21)33-26-14-13-25(18-30(26)43-34(38)27(33)19-37)42-32(39)16-10-22-5-3-4-6-28(22)35/h3-18,33H,2,20,38H2,1H3/b16-10+. The maximum atomic E-state index is 13.3. The zero-order valence-electron chi connectivity index (χ0n) is 23.1. The molecule has 0 saturated carbocycles. The number of fused-ring (bicyclic) bond motifs is 1. The molecule has 4 aromatic carbocycles. The van der Waals surface area contributed by atoms with Crippen molar-refractivity contribution in [3.8, 4) is 29.1 Å². The highest BCUT2D eigenvalue weighted by molar-refractivity contribution is 6.32. The van der Waals surface area contributed by atoms with E-state index in [1.807, 2.05) is 19.1 Å². The lowest BCUT2D eigenvalue weighted by atomic mass is 9.83. The fraction of sp³-hybridized carbons (Fsp3) is 0.118. The molecule has 7 nitrogen and oxygen atoms in total. The summed E-state index contributed by atoms with van der Waals surface area (Å²) >= 11 is 6.15. The maximum Gasteiger partial charge on any atom is 0.336 e. The van der Waals surface area contributed by atoms with Gasteiger partial charge in [0.05, 0.1) is 12.5 Å². The zero-order valence-corrected chi connectivity index (χ0v) is 23.8. The van der Waals surface area contributed by atoms with Crippen molar-refractivity contribution in [3.63, 3.8) is 0 Å². The topological polar surface area (TPSA) is 104 Å². The highest BCUT2D eigenvalue weighted by Gasteiger charge is 2.32. The van der Waals surface area contributed by atoms with E-state index in [0.717, 1.165) is 5.56 Å². The van der Waals surface area contributed by atoms with Gasteiger partial charge in [0, 0.05) is 22.7 Å². The number of nitriles is 1. The summed E-state index contributed by atoms with van der Waals surface area (Å²) in [5, 5.41) is 10.5. The third kappa shape index (κ3) is 6.80. The van der Waals surface area contributed by atoms with Crippen LogP contribution in [-0.4, -0.2) is 12.6 Å². The summed E-state index contributed by atoms with van der Waals surface area (Å²) in [6, 6.07) is 25.6. The van der Waals surface area contributed by atoms with Crippen LogP contribution in [0.25, 0.3) is 6.08 Å². The minimum Gasteiger partial charge on any atom is -0.490 e. The number of esters is 1. The summed E-state index contributed by atoms with van der Waals surface area (Å²) in [6.45, 7) is 2.44. The van der Waals surface area contributed by atoms with Gasteiger partial charge in [0.25, 0.3) is 0 Å². The van der Waals surface area contributed by atoms with Crippen molar-refractivity contribution in [1.29, 1.82) is 5.26 Å². The fourth-order valence-corrected chi connectivity index (χ4v) is 4.79. The van der Waals surface area contributed by atoms with Crippen LogP contribution in [0.5, 0.6) is 23.0 Å². The van der Waals surface area contributed by atoms with Crippen LogP contribution >= 0.6 is 11.6 Å². The van der Waals surface area contributed by atoms with Gasteiger partial charge >= 0.3 is 5.97 Å². The largest absolute Gasteiger partial charge is 0.490 e. The van der Waals surface area contributed by atoms with Crippen LogP contribution in [0.1, 0.15) is 35.1 Å². The molecule has 216 valence electrons. The van der Waals surface area contributed by atoms with Crippen LogP contribution in [0.4, 0.5) is 4.39 Å². The summed E-state index contributed by atoms with van der Waals surface area (Å²) < 4.78 is 36.4. The van der Waals surface area contributed by atoms with Gasteiger partial charge in [-0.3, -0.25) is 0 Å². The van der Waals surface area contributed by atoms with E-state index < -0.39 is 11.9 Å². The Morgan fingerprint density at radius 3 is 2.58 bits per heavy atom. The molecule has 0 spiro atoms. The van der Waals surface area contributed by atoms with Crippen molar-refractivity contribution in [3.05, 3.63) is 136 Å². The Morgan fingerprint density at radius 1 is 1.05 bits per heavy atom. The number of nitrogens with zero attached hydrogens (tertiary/aromatic N) is 1. The lowest BCUT2D eigenvalue weighted by Crippen LogP contribution is -2.21. The maximum absolute atomic E-state index is 13.3. The van der Waals surface area contributed by atoms with Crippen LogP contribution in [0.15, 0.2) is 102 Å². The number of carbonyl (C=O) groups is 1. The third-order valence-electron chi connectivity index (χ3n) is 6.62. The van der Waals surface area contributed by atoms with Crippen molar-refractivity contribution >= 4 is 23.6 Å². The van der Waals surface area contributed by atoms with Gasteiger partial charge in [-0.05, 0) is 66.1 Å². The molecule has 1 aliphatic rings. The van der Waals surface area contributed by atoms with Gasteiger partial charge in [-0.25, -0.2) is 9.18 Å². The summed E-state index contributed by atoms with van der Waals surface area (Å²) in [4.78, 5) is 12.5. The van der Waals surface area contributed by atoms with Gasteiger partial charge < -0.3 is 24.7 Å². The third-order valence-corrected chi connectivity index (χ3v) is 6.97. The van der Waals surface area contributed by atoms with E-state index in [-0.39, 0.29) is 29.6 Å². The van der Waals surface area contributed by atoms with Crippen LogP contribution < -0.4 is 24.7 Å². The first-order valence-corrected chi connectivity index (χ1v) is 13.7. The van der Waals surface area contributed by atoms with Crippen LogP contribution in [0, 0.1) is 17.1 Å². The predicted molar refractivity (Wildman–Crippen MR) is 160 cm³/mol. The molecule has 1 unspecified atom stereocenters. The predicted octanol–water partition coefficient (Wildman–Crippen LogP) is 7.29. The molecule has 0 amide bonds. The summed E-state index contributed by atoms with van der Waals surface area (Å²) in [6.07, 6.45) is 2.85. The summed E-state index contributed by atoms with van der Waals surface area (Å²) in [5.41, 5.74) is 9.25. The van der Waals surface area contributed by atoms with E-state index in [4.69, 9.17) is 36.3 Å². The molecule has 1 aliphatic heterocycles. The lowest BCUT2D eigenvalue weighted by Gasteiger charge is -2.27. The Hall–Kier alpha value is -5.26. The van der Waals surface area contributed by atoms with Gasteiger partial charge in [0.15, 0.2) is 11.5 Å². The van der Waals surface area contributed by atoms with Crippen LogP contribution in [0.2, 0.25) is 5.02 Å². The Bertz CT molecular complexity index is 1760. The Labute approximate surface area is 253 Å². The minimum atomic E-state index is -0.606. The Morgan fingerprint density at radius 2 is 1.84 bits per heavy atom. The SMILES string of the molecule is CCOc1cc(C2C(C#N)=C(N)Oc3cc(OC(=O)/C=C/c4ccccc4Cl)ccc32)ccc1OCc1ccc(F)cc1. The smallest absolute Gasteiger partial charge is 0.336 e. The Kier molecular flexibility index (Phi) is 8.94. The number of rotatable bonds is 9. The molecule has 5 rings (SSSR count). The van der Waals surface area contributed by atoms with E-state index in [2.05, 4.69) is 6.07 Å². The second-order valence-electron chi connectivity index (χ2n) is 9.45. The molecule has 43 heavy (non-hydrogen) atoms. The van der Waals surface area contributed by atoms with E-state index in [1.54, 1.807) is 66.7 Å². The molecule has 0 saturated heterocycles. The number of halogens is 2. The summed E-state index contributed by atoms with van der Waals surface area (Å²) in [5.74, 6) is -0.0232. The number of hydrogen-bond donors (Lipinski definition) is 1. The van der Waals surface area contributed by atoms with Gasteiger partial charge in [-0.15, -0.1) is 0 Å². The molecule has 1 heterocycles. The van der Waals surface area contributed by atoms with Crippen molar-refractivity contribution in [2.75, 3.05) is 6.61 Å². The van der Waals surface area contributed by atoms with Crippen LogP contribution in [0.3, 0.4) is 0 Å². The second kappa shape index (κ2) is 13.1. The Balaban J connectivity index is 1.40. The van der Waals surface area contributed by atoms with Gasteiger partial charge in [-0.2, -0.15) is 5.26 Å². The normalized spacial score (nSPS) is 14.0. The molecule has 0 radical (unpaired) electrons. The molecule has 0 aliphatic carbocycles. The van der Waals surface area contributed by atoms with Gasteiger partial charge in [0.1, 0.15) is 35.6 Å². The first-order chi connectivity index (χ1) is 20.9. The number of nitrogens with two attached hydrogens (primary N) is 1. The van der Waals surface area contributed by atoms with Gasteiger partial charge in [-0.1, -0.05) is 54.1 Å². The van der Waals surface area contributed by atoms with E-state index in [9.17, 15) is 14.4 Å². The average Bonchev–Trinajstić information content (AvgIpc) is 3.00. The monoisotopic (exact) mass is 596 g/mol. The summed E-state index contributed by atoms with van der Waals surface area (Å²) in [7, 11) is 0. The number of benzene rings is 4.